The highest BCUT2D eigenvalue weighted by Crippen LogP contribution is 2.20. The first kappa shape index (κ1) is 12.2. The number of para-hydroxylation sites is 1. The van der Waals surface area contributed by atoms with Gasteiger partial charge in [-0.15, -0.1) is 11.3 Å². The molecule has 1 aliphatic rings. The van der Waals surface area contributed by atoms with Crippen molar-refractivity contribution < 1.29 is 4.79 Å². The van der Waals surface area contributed by atoms with E-state index in [9.17, 15) is 4.79 Å². The summed E-state index contributed by atoms with van der Waals surface area (Å²) in [6, 6.07) is 12.2. The molecule has 2 aromatic rings. The number of rotatable bonds is 2. The minimum absolute atomic E-state index is 0.209. The van der Waals surface area contributed by atoms with E-state index in [1.807, 2.05) is 34.5 Å². The second kappa shape index (κ2) is 5.45. The van der Waals surface area contributed by atoms with Crippen LogP contribution in [0.2, 0.25) is 0 Å². The van der Waals surface area contributed by atoms with E-state index in [2.05, 4.69) is 17.4 Å². The molecule has 0 saturated heterocycles. The van der Waals surface area contributed by atoms with Gasteiger partial charge >= 0.3 is 0 Å². The van der Waals surface area contributed by atoms with Crippen LogP contribution < -0.4 is 5.32 Å². The number of carbonyl (C=O) groups is 1. The maximum atomic E-state index is 12.3. The molecule has 0 unspecified atom stereocenters. The lowest BCUT2D eigenvalue weighted by Crippen LogP contribution is -2.33. The topological polar surface area (TPSA) is 32.3 Å². The van der Waals surface area contributed by atoms with E-state index in [0.717, 1.165) is 23.7 Å². The number of nitrogens with one attached hydrogen (secondary N) is 1. The molecule has 4 heteroatoms. The first-order valence-electron chi connectivity index (χ1n) is 6.45. The molecule has 0 fully saturated rings. The van der Waals surface area contributed by atoms with Crippen LogP contribution in [0.3, 0.4) is 0 Å². The van der Waals surface area contributed by atoms with Crippen molar-refractivity contribution >= 4 is 22.9 Å². The number of thiophene rings is 1. The van der Waals surface area contributed by atoms with Crippen molar-refractivity contribution in [3.63, 3.8) is 0 Å². The summed E-state index contributed by atoms with van der Waals surface area (Å²) < 4.78 is 0. The molecule has 2 heterocycles. The minimum atomic E-state index is 0.209. The number of hydrogen-bond acceptors (Lipinski definition) is 3. The molecule has 0 bridgehead atoms. The van der Waals surface area contributed by atoms with Gasteiger partial charge in [0.15, 0.2) is 0 Å². The van der Waals surface area contributed by atoms with Crippen molar-refractivity contribution in [2.24, 2.45) is 0 Å². The Morgan fingerprint density at radius 3 is 3.00 bits per heavy atom. The van der Waals surface area contributed by atoms with Crippen LogP contribution in [0.25, 0.3) is 0 Å². The molecule has 1 amide bonds. The summed E-state index contributed by atoms with van der Waals surface area (Å²) >= 11 is 1.64. The molecule has 0 saturated carbocycles. The third-order valence-electron chi connectivity index (χ3n) is 3.33. The van der Waals surface area contributed by atoms with Gasteiger partial charge in [-0.1, -0.05) is 24.3 Å². The average molecular weight is 272 g/mol. The van der Waals surface area contributed by atoms with Crippen molar-refractivity contribution in [1.82, 2.24) is 4.90 Å². The summed E-state index contributed by atoms with van der Waals surface area (Å²) in [5.41, 5.74) is 2.34. The van der Waals surface area contributed by atoms with Crippen molar-refractivity contribution in [2.75, 3.05) is 18.4 Å². The Balaban J connectivity index is 1.73. The molecule has 0 spiro atoms. The van der Waals surface area contributed by atoms with E-state index >= 15 is 0 Å². The fourth-order valence-electron chi connectivity index (χ4n) is 2.33. The Bertz CT molecular complexity index is 565. The third-order valence-corrected chi connectivity index (χ3v) is 4.21. The Morgan fingerprint density at radius 1 is 1.26 bits per heavy atom. The number of carbonyl (C=O) groups excluding carboxylic acids is 1. The molecule has 0 radical (unpaired) electrons. The molecular weight excluding hydrogens is 256 g/mol. The van der Waals surface area contributed by atoms with Gasteiger partial charge in [0.05, 0.1) is 6.42 Å². The number of amides is 1. The zero-order valence-corrected chi connectivity index (χ0v) is 11.5. The van der Waals surface area contributed by atoms with E-state index in [0.29, 0.717) is 13.0 Å². The summed E-state index contributed by atoms with van der Waals surface area (Å²) in [7, 11) is 0. The molecule has 19 heavy (non-hydrogen) atoms. The van der Waals surface area contributed by atoms with Crippen molar-refractivity contribution in [3.05, 3.63) is 52.2 Å². The summed E-state index contributed by atoms with van der Waals surface area (Å²) in [5.74, 6) is 0.209. The van der Waals surface area contributed by atoms with Crippen LogP contribution in [-0.2, 0) is 17.8 Å². The van der Waals surface area contributed by atoms with Crippen LogP contribution in [0, 0.1) is 0 Å². The van der Waals surface area contributed by atoms with Crippen LogP contribution in [0.1, 0.15) is 10.4 Å². The predicted octanol–water partition coefficient (Wildman–Crippen LogP) is 2.74. The zero-order chi connectivity index (χ0) is 13.1. The van der Waals surface area contributed by atoms with Gasteiger partial charge in [0.2, 0.25) is 5.91 Å². The number of anilines is 1. The average Bonchev–Trinajstić information content (AvgIpc) is 2.82. The van der Waals surface area contributed by atoms with Gasteiger partial charge in [-0.3, -0.25) is 4.79 Å². The summed E-state index contributed by atoms with van der Waals surface area (Å²) in [6.45, 7) is 2.28. The lowest BCUT2D eigenvalue weighted by atomic mass is 10.1. The molecule has 0 atom stereocenters. The van der Waals surface area contributed by atoms with Crippen LogP contribution >= 0.6 is 11.3 Å². The van der Waals surface area contributed by atoms with Crippen LogP contribution in [0.15, 0.2) is 41.8 Å². The maximum Gasteiger partial charge on any atom is 0.228 e. The third kappa shape index (κ3) is 2.79. The fraction of sp³-hybridized carbons (Fsp3) is 0.267. The molecular formula is C15H16N2OS. The lowest BCUT2D eigenvalue weighted by Gasteiger charge is -2.20. The van der Waals surface area contributed by atoms with Gasteiger partial charge in [-0.05, 0) is 23.1 Å². The predicted molar refractivity (Wildman–Crippen MR) is 78.4 cm³/mol. The number of nitrogens with zero attached hydrogens (tertiary/aromatic N) is 1. The Hall–Kier alpha value is -1.81. The number of fused-ring (bicyclic) bond motifs is 1. The van der Waals surface area contributed by atoms with E-state index in [-0.39, 0.29) is 5.91 Å². The highest BCUT2D eigenvalue weighted by atomic mass is 32.1. The van der Waals surface area contributed by atoms with Gasteiger partial charge in [0.25, 0.3) is 0 Å². The highest BCUT2D eigenvalue weighted by molar-refractivity contribution is 7.10. The van der Waals surface area contributed by atoms with E-state index in [4.69, 9.17) is 0 Å². The van der Waals surface area contributed by atoms with Gasteiger partial charge in [-0.25, -0.2) is 0 Å². The second-order valence-corrected chi connectivity index (χ2v) is 5.69. The van der Waals surface area contributed by atoms with Gasteiger partial charge < -0.3 is 10.2 Å². The van der Waals surface area contributed by atoms with Crippen molar-refractivity contribution in [1.29, 1.82) is 0 Å². The molecule has 0 aliphatic carbocycles. The molecule has 1 aliphatic heterocycles. The number of benzene rings is 1. The number of hydrogen-bond donors (Lipinski definition) is 1. The summed E-state index contributed by atoms with van der Waals surface area (Å²) in [6.07, 6.45) is 0.514. The van der Waals surface area contributed by atoms with E-state index in [1.54, 1.807) is 11.3 Å². The van der Waals surface area contributed by atoms with Gasteiger partial charge in [0.1, 0.15) is 0 Å². The van der Waals surface area contributed by atoms with Crippen molar-refractivity contribution in [2.45, 2.75) is 13.0 Å². The normalized spacial score (nSPS) is 14.4. The van der Waals surface area contributed by atoms with Crippen molar-refractivity contribution in [3.8, 4) is 0 Å². The molecule has 1 aromatic heterocycles. The first-order valence-corrected chi connectivity index (χ1v) is 7.33. The SMILES string of the molecule is O=C(Cc1cccs1)N1CCNc2ccccc2C1. The molecule has 1 N–H and O–H groups in total. The molecule has 3 nitrogen and oxygen atoms in total. The van der Waals surface area contributed by atoms with Crippen LogP contribution in [0.5, 0.6) is 0 Å². The lowest BCUT2D eigenvalue weighted by molar-refractivity contribution is -0.130. The van der Waals surface area contributed by atoms with Crippen LogP contribution in [-0.4, -0.2) is 23.9 Å². The van der Waals surface area contributed by atoms with Gasteiger partial charge in [-0.2, -0.15) is 0 Å². The summed E-state index contributed by atoms with van der Waals surface area (Å²) in [5, 5.41) is 5.39. The van der Waals surface area contributed by atoms with Gasteiger partial charge in [0, 0.05) is 30.2 Å². The fourth-order valence-corrected chi connectivity index (χ4v) is 3.02. The Kier molecular flexibility index (Phi) is 3.51. The standard InChI is InChI=1S/C15H16N2OS/c18-15(10-13-5-3-9-19-13)17-8-7-16-14-6-2-1-4-12(14)11-17/h1-6,9,16H,7-8,10-11H2. The molecule has 1 aromatic carbocycles. The molecule has 98 valence electrons. The quantitative estimate of drug-likeness (QED) is 0.911. The zero-order valence-electron chi connectivity index (χ0n) is 10.6. The second-order valence-electron chi connectivity index (χ2n) is 4.66. The minimum Gasteiger partial charge on any atom is -0.383 e. The Labute approximate surface area is 116 Å². The highest BCUT2D eigenvalue weighted by Gasteiger charge is 2.18. The smallest absolute Gasteiger partial charge is 0.228 e. The monoisotopic (exact) mass is 272 g/mol. The largest absolute Gasteiger partial charge is 0.383 e. The Morgan fingerprint density at radius 2 is 2.16 bits per heavy atom. The van der Waals surface area contributed by atoms with E-state index in [1.165, 1.54) is 5.56 Å². The molecule has 3 rings (SSSR count). The summed E-state index contributed by atoms with van der Waals surface area (Å²) in [4.78, 5) is 15.4. The van der Waals surface area contributed by atoms with Crippen LogP contribution in [0.4, 0.5) is 5.69 Å². The maximum absolute atomic E-state index is 12.3. The van der Waals surface area contributed by atoms with E-state index < -0.39 is 0 Å². The first-order chi connectivity index (χ1) is 9.33.